The maximum Gasteiger partial charge on any atom is 0.220 e. The highest BCUT2D eigenvalue weighted by molar-refractivity contribution is 6.79. The summed E-state index contributed by atoms with van der Waals surface area (Å²) in [6, 6.07) is 4.18. The van der Waals surface area contributed by atoms with E-state index in [1.165, 1.54) is 134 Å². The van der Waals surface area contributed by atoms with E-state index in [0.717, 1.165) is 6.07 Å². The first kappa shape index (κ1) is 43.1. The summed E-state index contributed by atoms with van der Waals surface area (Å²) in [5, 5.41) is 6.83. The number of nitrogens with one attached hydrogen (secondary N) is 1. The van der Waals surface area contributed by atoms with Crippen molar-refractivity contribution >= 4 is 18.8 Å². The maximum atomic E-state index is 13.2. The fraction of sp³-hybridized carbons (Fsp3) is 0.762. The molecular weight excluding hydrogens is 583 g/mol. The van der Waals surface area contributed by atoms with Gasteiger partial charge < -0.3 is 0 Å². The number of unbranched alkanes of at least 4 members (excludes halogenated alkanes) is 20. The van der Waals surface area contributed by atoms with E-state index in [1.54, 1.807) is 77.4 Å². The molecule has 1 heterocycles. The molecule has 0 aliphatic carbocycles. The summed E-state index contributed by atoms with van der Waals surface area (Å²) in [6.45, 7) is 9.39. The van der Waals surface area contributed by atoms with Gasteiger partial charge in [0.2, 0.25) is 5.82 Å². The summed E-state index contributed by atoms with van der Waals surface area (Å²) in [5.41, 5.74) is 0.310. The van der Waals surface area contributed by atoms with Gasteiger partial charge in [-0.1, -0.05) is 188 Å². The Balaban J connectivity index is 0.000000664. The Morgan fingerprint density at radius 2 is 0.783 bits per heavy atom. The first-order chi connectivity index (χ1) is 22.5. The van der Waals surface area contributed by atoms with Crippen molar-refractivity contribution in [3.05, 3.63) is 54.4 Å². The monoisotopic (exact) mass is 660 g/mol. The van der Waals surface area contributed by atoms with Crippen molar-refractivity contribution in [3.63, 3.8) is 0 Å². The Labute approximate surface area is 288 Å². The third-order valence-electron chi connectivity index (χ3n) is 10.6. The van der Waals surface area contributed by atoms with Crippen LogP contribution < -0.4 is 4.90 Å². The SMILES string of the molecule is CCCCCCC[CH2][Al-]([CH2]CCCCCCC)([CH2]CCCCCCC)[CH2]CCCCCCC.Fc1cccc([NH+]2C=CC=C2)c1F. The molecule has 0 saturated heterocycles. The zero-order chi connectivity index (χ0) is 33.6. The third kappa shape index (κ3) is 21.1. The number of rotatable bonds is 29. The van der Waals surface area contributed by atoms with Crippen LogP contribution in [0.3, 0.4) is 0 Å². The lowest BCUT2D eigenvalue weighted by Crippen LogP contribution is -2.96. The number of benzene rings is 1. The van der Waals surface area contributed by atoms with E-state index in [-0.39, 0.29) is 0 Å². The third-order valence-corrected chi connectivity index (χ3v) is 17.1. The van der Waals surface area contributed by atoms with Gasteiger partial charge in [-0.15, -0.1) is 0 Å². The van der Waals surface area contributed by atoms with Crippen molar-refractivity contribution in [2.75, 3.05) is 0 Å². The molecule has 1 aromatic rings. The Morgan fingerprint density at radius 3 is 1.13 bits per heavy atom. The summed E-state index contributed by atoms with van der Waals surface area (Å²) in [5.74, 6) is -1.59. The van der Waals surface area contributed by atoms with Crippen molar-refractivity contribution in [1.82, 2.24) is 0 Å². The summed E-state index contributed by atoms with van der Waals surface area (Å²) < 4.78 is 26.0. The molecule has 4 heteroatoms. The van der Waals surface area contributed by atoms with Crippen LogP contribution in [0, 0.1) is 11.6 Å². The van der Waals surface area contributed by atoms with E-state index in [9.17, 15) is 8.78 Å². The normalized spacial score (nSPS) is 13.0. The highest BCUT2D eigenvalue weighted by Crippen LogP contribution is 2.35. The van der Waals surface area contributed by atoms with Gasteiger partial charge in [-0.05, 0) is 18.2 Å². The first-order valence-corrected chi connectivity index (χ1v) is 23.7. The molecule has 0 bridgehead atoms. The molecule has 0 fully saturated rings. The quantitative estimate of drug-likeness (QED) is 0.0645. The molecule has 1 aliphatic rings. The average molecular weight is 660 g/mol. The number of hydrogen-bond acceptors (Lipinski definition) is 0. The van der Waals surface area contributed by atoms with E-state index in [1.807, 2.05) is 0 Å². The van der Waals surface area contributed by atoms with E-state index < -0.39 is 24.7 Å². The Morgan fingerprint density at radius 1 is 0.457 bits per heavy atom. The van der Waals surface area contributed by atoms with Crippen molar-refractivity contribution in [1.29, 1.82) is 0 Å². The fourth-order valence-electron chi connectivity index (χ4n) is 7.58. The molecule has 0 aromatic heterocycles. The van der Waals surface area contributed by atoms with Crippen LogP contribution in [0.4, 0.5) is 14.5 Å². The zero-order valence-corrected chi connectivity index (χ0v) is 32.3. The zero-order valence-electron chi connectivity index (χ0n) is 31.2. The molecule has 0 spiro atoms. The molecule has 0 unspecified atom stereocenters. The molecule has 0 atom stereocenters. The van der Waals surface area contributed by atoms with Crippen molar-refractivity contribution in [3.8, 4) is 0 Å². The molecule has 0 saturated carbocycles. The predicted molar refractivity (Wildman–Crippen MR) is 204 cm³/mol. The highest BCUT2D eigenvalue weighted by Gasteiger charge is 2.27. The first-order valence-electron chi connectivity index (χ1n) is 20.4. The van der Waals surface area contributed by atoms with Crippen LogP contribution in [0.1, 0.15) is 182 Å². The van der Waals surface area contributed by atoms with Crippen LogP contribution in [0.5, 0.6) is 0 Å². The van der Waals surface area contributed by atoms with Crippen LogP contribution in [-0.4, -0.2) is 13.1 Å². The second-order valence-corrected chi connectivity index (χ2v) is 20.5. The maximum absolute atomic E-state index is 13.2. The van der Waals surface area contributed by atoms with Crippen LogP contribution in [0.2, 0.25) is 21.1 Å². The van der Waals surface area contributed by atoms with Gasteiger partial charge in [0.05, 0.1) is 0 Å². The molecule has 1 aromatic carbocycles. The second kappa shape index (κ2) is 30.1. The van der Waals surface area contributed by atoms with Crippen molar-refractivity contribution < 1.29 is 13.7 Å². The lowest BCUT2D eigenvalue weighted by Gasteiger charge is -2.37. The van der Waals surface area contributed by atoms with Gasteiger partial charge in [-0.2, -0.15) is 25.5 Å². The van der Waals surface area contributed by atoms with E-state index >= 15 is 0 Å². The molecular formula is C42H76AlF2N. The smallest absolute Gasteiger partial charge is 0.220 e. The molecule has 2 rings (SSSR count). The van der Waals surface area contributed by atoms with Gasteiger partial charge in [0.1, 0.15) is 25.5 Å². The minimum absolute atomic E-state index is 0.310. The topological polar surface area (TPSA) is 4.44 Å². The van der Waals surface area contributed by atoms with Gasteiger partial charge in [-0.25, -0.2) is 9.29 Å². The van der Waals surface area contributed by atoms with E-state index in [4.69, 9.17) is 0 Å². The molecule has 0 amide bonds. The second-order valence-electron chi connectivity index (χ2n) is 14.7. The Bertz CT molecular complexity index is 801. The van der Waals surface area contributed by atoms with Crippen molar-refractivity contribution in [2.24, 2.45) is 0 Å². The molecule has 266 valence electrons. The minimum Gasteiger partial charge on any atom is -0.248 e. The van der Waals surface area contributed by atoms with Gasteiger partial charge in [0.15, 0.2) is 11.5 Å². The standard InChI is InChI=1S/C10H7F2N.4C8H17.Al/c11-8-4-3-5-9(10(8)12)13-6-1-2-7-13;4*1-3-5-7-8-6-4-2;/h1-7H;4*1,3-8H2,2H3;/q;;;;;-1/p+1. The molecule has 1 aliphatic heterocycles. The van der Waals surface area contributed by atoms with Crippen molar-refractivity contribution in [2.45, 2.75) is 203 Å². The van der Waals surface area contributed by atoms with Gasteiger partial charge >= 0.3 is 0 Å². The van der Waals surface area contributed by atoms with Crippen LogP contribution in [0.15, 0.2) is 42.8 Å². The van der Waals surface area contributed by atoms with Crippen LogP contribution >= 0.6 is 0 Å². The fourth-order valence-corrected chi connectivity index (χ4v) is 13.9. The highest BCUT2D eigenvalue weighted by atomic mass is 27.2. The molecule has 0 radical (unpaired) electrons. The largest absolute Gasteiger partial charge is 0.248 e. The van der Waals surface area contributed by atoms with Gasteiger partial charge in [0.25, 0.3) is 0 Å². The predicted octanol–water partition coefficient (Wildman–Crippen LogP) is 14.4. The minimum atomic E-state index is -1.42. The number of allylic oxidation sites excluding steroid dienone is 2. The van der Waals surface area contributed by atoms with Gasteiger partial charge in [0, 0.05) is 6.07 Å². The van der Waals surface area contributed by atoms with Crippen LogP contribution in [0.25, 0.3) is 0 Å². The lowest BCUT2D eigenvalue weighted by atomic mass is 10.1. The summed E-state index contributed by atoms with van der Waals surface area (Å²) >= 11 is -1.42. The van der Waals surface area contributed by atoms with Gasteiger partial charge in [-0.3, -0.25) is 0 Å². The summed E-state index contributed by atoms with van der Waals surface area (Å²) in [7, 11) is 0. The molecule has 1 N–H and O–H groups in total. The number of quaternary nitrogens is 1. The number of hydrogen-bond donors (Lipinski definition) is 1. The lowest BCUT2D eigenvalue weighted by molar-refractivity contribution is -0.711. The van der Waals surface area contributed by atoms with Crippen LogP contribution in [-0.2, 0) is 0 Å². The Hall–Kier alpha value is -0.948. The van der Waals surface area contributed by atoms with E-state index in [2.05, 4.69) is 27.7 Å². The summed E-state index contributed by atoms with van der Waals surface area (Å²) in [4.78, 5) is 0.706. The molecule has 46 heavy (non-hydrogen) atoms. The molecule has 1 nitrogen and oxygen atoms in total. The summed E-state index contributed by atoms with van der Waals surface area (Å²) in [6.07, 6.45) is 42.9. The van der Waals surface area contributed by atoms with E-state index in [0.29, 0.717) is 10.6 Å². The number of halogens is 2. The average Bonchev–Trinajstić information content (AvgIpc) is 3.60. The Kier molecular flexibility index (Phi) is 28.2.